The van der Waals surface area contributed by atoms with Gasteiger partial charge < -0.3 is 14.8 Å². The van der Waals surface area contributed by atoms with Crippen LogP contribution in [0.15, 0.2) is 47.8 Å². The van der Waals surface area contributed by atoms with Gasteiger partial charge in [-0.1, -0.05) is 12.1 Å². The van der Waals surface area contributed by atoms with Gasteiger partial charge >= 0.3 is 0 Å². The summed E-state index contributed by atoms with van der Waals surface area (Å²) >= 11 is 0. The molecule has 2 aromatic heterocycles. The molecule has 7 nitrogen and oxygen atoms in total. The second kappa shape index (κ2) is 6.68. The Hall–Kier alpha value is -3.06. The molecule has 0 bridgehead atoms. The van der Waals surface area contributed by atoms with Gasteiger partial charge in [0.25, 0.3) is 11.5 Å². The lowest BCUT2D eigenvalue weighted by molar-refractivity contribution is 0.0736. The molecule has 0 atom stereocenters. The van der Waals surface area contributed by atoms with Crippen LogP contribution in [0.2, 0.25) is 0 Å². The van der Waals surface area contributed by atoms with Crippen LogP contribution in [-0.2, 0) is 7.05 Å². The number of hydrogen-bond acceptors (Lipinski definition) is 5. The lowest BCUT2D eigenvalue weighted by Gasteiger charge is -2.27. The third-order valence-electron chi connectivity index (χ3n) is 4.69. The number of carbonyl (C=O) groups is 1. The Morgan fingerprint density at radius 1 is 1.15 bits per heavy atom. The van der Waals surface area contributed by atoms with Gasteiger partial charge in [0.05, 0.1) is 10.9 Å². The van der Waals surface area contributed by atoms with Crippen LogP contribution >= 0.6 is 0 Å². The number of carbonyl (C=O) groups excluding carboxylic acids is 1. The van der Waals surface area contributed by atoms with Crippen LogP contribution in [0, 0.1) is 0 Å². The molecule has 26 heavy (non-hydrogen) atoms. The molecule has 1 saturated heterocycles. The molecule has 3 aromatic rings. The van der Waals surface area contributed by atoms with E-state index in [1.54, 1.807) is 13.2 Å². The highest BCUT2D eigenvalue weighted by atomic mass is 16.2. The minimum absolute atomic E-state index is 0.0469. The Morgan fingerprint density at radius 3 is 2.62 bits per heavy atom. The molecule has 0 spiro atoms. The number of nitrogens with zero attached hydrogens (tertiary/aromatic N) is 4. The Kier molecular flexibility index (Phi) is 4.22. The predicted molar refractivity (Wildman–Crippen MR) is 99.0 cm³/mol. The number of rotatable bonds is 2. The van der Waals surface area contributed by atoms with Gasteiger partial charge in [0, 0.05) is 56.7 Å². The van der Waals surface area contributed by atoms with E-state index in [1.807, 2.05) is 29.2 Å². The van der Waals surface area contributed by atoms with E-state index in [0.29, 0.717) is 16.5 Å². The van der Waals surface area contributed by atoms with Gasteiger partial charge in [0.1, 0.15) is 6.33 Å². The van der Waals surface area contributed by atoms with Crippen molar-refractivity contribution in [3.8, 4) is 11.1 Å². The number of pyridine rings is 1. The molecule has 4 rings (SSSR count). The van der Waals surface area contributed by atoms with Crippen molar-refractivity contribution in [1.29, 1.82) is 0 Å². The maximum absolute atomic E-state index is 12.6. The number of amides is 1. The third kappa shape index (κ3) is 2.86. The van der Waals surface area contributed by atoms with Crippen LogP contribution in [0.3, 0.4) is 0 Å². The van der Waals surface area contributed by atoms with Crippen molar-refractivity contribution in [3.05, 3.63) is 58.9 Å². The van der Waals surface area contributed by atoms with Gasteiger partial charge in [-0.05, 0) is 17.7 Å². The average molecular weight is 349 g/mol. The molecule has 0 aliphatic carbocycles. The molecule has 7 heteroatoms. The fourth-order valence-corrected chi connectivity index (χ4v) is 3.26. The molecule has 0 radical (unpaired) electrons. The number of aromatic nitrogens is 3. The maximum Gasteiger partial charge on any atom is 0.261 e. The van der Waals surface area contributed by atoms with E-state index in [4.69, 9.17) is 0 Å². The summed E-state index contributed by atoms with van der Waals surface area (Å²) in [5.74, 6) is 0.0469. The maximum atomic E-state index is 12.6. The van der Waals surface area contributed by atoms with Crippen molar-refractivity contribution in [2.24, 2.45) is 7.05 Å². The summed E-state index contributed by atoms with van der Waals surface area (Å²) in [6, 6.07) is 7.46. The Labute approximate surface area is 150 Å². The Bertz CT molecular complexity index is 1020. The first kappa shape index (κ1) is 16.4. The van der Waals surface area contributed by atoms with Crippen LogP contribution in [-0.4, -0.2) is 51.5 Å². The van der Waals surface area contributed by atoms with E-state index >= 15 is 0 Å². The first-order valence-corrected chi connectivity index (χ1v) is 8.55. The molecule has 1 amide bonds. The van der Waals surface area contributed by atoms with Crippen molar-refractivity contribution < 1.29 is 4.79 Å². The molecule has 132 valence electrons. The standard InChI is InChI=1S/C19H19N5O2/c1-23-11-16(17-15(19(23)26)10-21-12-22-17)13-2-4-14(5-3-13)18(25)24-8-6-20-7-9-24/h2-5,10-12,20H,6-9H2,1H3. The zero-order valence-electron chi connectivity index (χ0n) is 14.5. The largest absolute Gasteiger partial charge is 0.336 e. The number of aryl methyl sites for hydroxylation is 1. The van der Waals surface area contributed by atoms with E-state index in [0.717, 1.165) is 37.3 Å². The molecule has 0 saturated carbocycles. The van der Waals surface area contributed by atoms with Crippen molar-refractivity contribution in [2.45, 2.75) is 0 Å². The molecule has 1 aliphatic rings. The summed E-state index contributed by atoms with van der Waals surface area (Å²) < 4.78 is 1.53. The molecular formula is C19H19N5O2. The van der Waals surface area contributed by atoms with Gasteiger partial charge in [0.2, 0.25) is 0 Å². The van der Waals surface area contributed by atoms with Crippen molar-refractivity contribution in [1.82, 2.24) is 24.8 Å². The van der Waals surface area contributed by atoms with Crippen LogP contribution < -0.4 is 10.9 Å². The molecular weight excluding hydrogens is 330 g/mol. The molecule has 0 unspecified atom stereocenters. The van der Waals surface area contributed by atoms with Gasteiger partial charge in [-0.3, -0.25) is 9.59 Å². The highest BCUT2D eigenvalue weighted by Gasteiger charge is 2.18. The van der Waals surface area contributed by atoms with Gasteiger partial charge in [-0.15, -0.1) is 0 Å². The Balaban J connectivity index is 1.72. The first-order valence-electron chi connectivity index (χ1n) is 8.55. The summed E-state index contributed by atoms with van der Waals surface area (Å²) in [7, 11) is 1.71. The lowest BCUT2D eigenvalue weighted by Crippen LogP contribution is -2.46. The average Bonchev–Trinajstić information content (AvgIpc) is 2.71. The molecule has 3 heterocycles. The number of benzene rings is 1. The second-order valence-corrected chi connectivity index (χ2v) is 6.36. The molecule has 1 aliphatic heterocycles. The quantitative estimate of drug-likeness (QED) is 0.748. The van der Waals surface area contributed by atoms with Gasteiger partial charge in [-0.2, -0.15) is 0 Å². The van der Waals surface area contributed by atoms with Gasteiger partial charge in [0.15, 0.2) is 0 Å². The summed E-state index contributed by atoms with van der Waals surface area (Å²) in [6.07, 6.45) is 4.74. The summed E-state index contributed by atoms with van der Waals surface area (Å²) in [4.78, 5) is 35.0. The van der Waals surface area contributed by atoms with Crippen molar-refractivity contribution >= 4 is 16.8 Å². The second-order valence-electron chi connectivity index (χ2n) is 6.36. The molecule has 1 aromatic carbocycles. The zero-order chi connectivity index (χ0) is 18.1. The highest BCUT2D eigenvalue weighted by Crippen LogP contribution is 2.25. The minimum Gasteiger partial charge on any atom is -0.336 e. The van der Waals surface area contributed by atoms with Crippen molar-refractivity contribution in [2.75, 3.05) is 26.2 Å². The number of hydrogen-bond donors (Lipinski definition) is 1. The smallest absolute Gasteiger partial charge is 0.261 e. The number of nitrogens with one attached hydrogen (secondary N) is 1. The monoisotopic (exact) mass is 349 g/mol. The SMILES string of the molecule is Cn1cc(-c2ccc(C(=O)N3CCNCC3)cc2)c2ncncc2c1=O. The van der Waals surface area contributed by atoms with Crippen LogP contribution in [0.25, 0.3) is 22.0 Å². The number of fused-ring (bicyclic) bond motifs is 1. The van der Waals surface area contributed by atoms with Crippen LogP contribution in [0.4, 0.5) is 0 Å². The number of piperazine rings is 1. The lowest BCUT2D eigenvalue weighted by atomic mass is 10.0. The van der Waals surface area contributed by atoms with E-state index in [-0.39, 0.29) is 11.5 Å². The fourth-order valence-electron chi connectivity index (χ4n) is 3.26. The third-order valence-corrected chi connectivity index (χ3v) is 4.69. The minimum atomic E-state index is -0.130. The normalized spacial score (nSPS) is 14.6. The molecule has 1 fully saturated rings. The van der Waals surface area contributed by atoms with E-state index in [2.05, 4.69) is 15.3 Å². The highest BCUT2D eigenvalue weighted by molar-refractivity contribution is 5.96. The Morgan fingerprint density at radius 2 is 1.88 bits per heavy atom. The van der Waals surface area contributed by atoms with Crippen LogP contribution in [0.5, 0.6) is 0 Å². The van der Waals surface area contributed by atoms with E-state index in [1.165, 1.54) is 17.1 Å². The van der Waals surface area contributed by atoms with Gasteiger partial charge in [-0.25, -0.2) is 9.97 Å². The van der Waals surface area contributed by atoms with E-state index < -0.39 is 0 Å². The summed E-state index contributed by atoms with van der Waals surface area (Å²) in [5, 5.41) is 3.72. The summed E-state index contributed by atoms with van der Waals surface area (Å²) in [6.45, 7) is 3.10. The topological polar surface area (TPSA) is 80.1 Å². The zero-order valence-corrected chi connectivity index (χ0v) is 14.5. The van der Waals surface area contributed by atoms with Crippen molar-refractivity contribution in [3.63, 3.8) is 0 Å². The fraction of sp³-hybridized carbons (Fsp3) is 0.263. The summed E-state index contributed by atoms with van der Waals surface area (Å²) in [5.41, 5.74) is 2.89. The van der Waals surface area contributed by atoms with Crippen LogP contribution in [0.1, 0.15) is 10.4 Å². The first-order chi connectivity index (χ1) is 12.6. The van der Waals surface area contributed by atoms with E-state index in [9.17, 15) is 9.59 Å². The molecule has 1 N–H and O–H groups in total. The predicted octanol–water partition coefficient (Wildman–Crippen LogP) is 1.04.